The third-order valence-electron chi connectivity index (χ3n) is 3.50. The average molecular weight is 309 g/mol. The lowest BCUT2D eigenvalue weighted by Crippen LogP contribution is -2.26. The number of carbonyl (C=O) groups excluding carboxylic acids is 2. The summed E-state index contributed by atoms with van der Waals surface area (Å²) in [6, 6.07) is 7.39. The first-order valence-electron chi connectivity index (χ1n) is 6.69. The van der Waals surface area contributed by atoms with E-state index in [0.717, 1.165) is 24.0 Å². The zero-order chi connectivity index (χ0) is 15.4. The van der Waals surface area contributed by atoms with E-state index in [1.807, 2.05) is 12.1 Å². The summed E-state index contributed by atoms with van der Waals surface area (Å²) in [6.07, 6.45) is 2.27. The van der Waals surface area contributed by atoms with Crippen molar-refractivity contribution >= 4 is 29.1 Å². The third-order valence-corrected chi connectivity index (χ3v) is 3.75. The minimum Gasteiger partial charge on any atom is -0.468 e. The first-order chi connectivity index (χ1) is 10.1. The van der Waals surface area contributed by atoms with Crippen LogP contribution in [0.25, 0.3) is 5.57 Å². The van der Waals surface area contributed by atoms with E-state index < -0.39 is 17.9 Å². The van der Waals surface area contributed by atoms with Crippen molar-refractivity contribution < 1.29 is 19.1 Å². The van der Waals surface area contributed by atoms with Crippen molar-refractivity contribution in [2.75, 3.05) is 14.2 Å². The van der Waals surface area contributed by atoms with Crippen molar-refractivity contribution in [3.8, 4) is 0 Å². The summed E-state index contributed by atoms with van der Waals surface area (Å²) < 4.78 is 9.42. The Morgan fingerprint density at radius 3 is 2.05 bits per heavy atom. The largest absolute Gasteiger partial charge is 0.468 e. The van der Waals surface area contributed by atoms with Gasteiger partial charge >= 0.3 is 11.9 Å². The van der Waals surface area contributed by atoms with Crippen LogP contribution in [0.4, 0.5) is 0 Å². The van der Waals surface area contributed by atoms with Gasteiger partial charge in [0.25, 0.3) is 0 Å². The lowest BCUT2D eigenvalue weighted by Gasteiger charge is -2.15. The molecular formula is C16H17ClO4. The molecule has 0 bridgehead atoms. The lowest BCUT2D eigenvalue weighted by atomic mass is 9.93. The fourth-order valence-corrected chi connectivity index (χ4v) is 2.36. The second kappa shape index (κ2) is 6.76. The Morgan fingerprint density at radius 2 is 1.62 bits per heavy atom. The number of ether oxygens (including phenoxy) is 2. The van der Waals surface area contributed by atoms with E-state index in [2.05, 4.69) is 0 Å². The van der Waals surface area contributed by atoms with Crippen LogP contribution in [0.5, 0.6) is 0 Å². The number of esters is 2. The highest BCUT2D eigenvalue weighted by molar-refractivity contribution is 6.30. The summed E-state index contributed by atoms with van der Waals surface area (Å²) in [7, 11) is 2.54. The summed E-state index contributed by atoms with van der Waals surface area (Å²) in [6.45, 7) is 0. The summed E-state index contributed by atoms with van der Waals surface area (Å²) in [4.78, 5) is 23.6. The molecule has 0 saturated heterocycles. The number of halogens is 1. The van der Waals surface area contributed by atoms with E-state index in [4.69, 9.17) is 21.1 Å². The standard InChI is InChI=1S/C16H17ClO4/c1-20-15(18)14(16(19)21-2)9-13(10-3-4-10)11-5-7-12(17)8-6-11/h5-8,14H,3-4,9H2,1-2H3. The molecule has 0 radical (unpaired) electrons. The molecule has 1 saturated carbocycles. The van der Waals surface area contributed by atoms with Crippen LogP contribution in [0.3, 0.4) is 0 Å². The van der Waals surface area contributed by atoms with Crippen molar-refractivity contribution in [2.24, 2.45) is 5.92 Å². The quantitative estimate of drug-likeness (QED) is 0.619. The van der Waals surface area contributed by atoms with Crippen LogP contribution in [0.15, 0.2) is 29.8 Å². The van der Waals surface area contributed by atoms with Gasteiger partial charge < -0.3 is 9.47 Å². The van der Waals surface area contributed by atoms with E-state index in [1.165, 1.54) is 19.8 Å². The molecule has 112 valence electrons. The second-order valence-electron chi connectivity index (χ2n) is 4.89. The molecule has 0 spiro atoms. The van der Waals surface area contributed by atoms with E-state index in [1.54, 1.807) is 12.1 Å². The number of hydrogen-bond donors (Lipinski definition) is 0. The summed E-state index contributed by atoms with van der Waals surface area (Å²) >= 11 is 5.90. The Hall–Kier alpha value is -1.81. The van der Waals surface area contributed by atoms with Gasteiger partial charge in [-0.25, -0.2) is 0 Å². The van der Waals surface area contributed by atoms with Crippen LogP contribution in [0.1, 0.15) is 24.8 Å². The predicted molar refractivity (Wildman–Crippen MR) is 79.7 cm³/mol. The van der Waals surface area contributed by atoms with Gasteiger partial charge in [-0.15, -0.1) is 0 Å². The van der Waals surface area contributed by atoms with Crippen LogP contribution in [-0.2, 0) is 19.1 Å². The fourth-order valence-electron chi connectivity index (χ4n) is 2.23. The molecule has 5 heteroatoms. The Bertz CT molecular complexity index is 552. The van der Waals surface area contributed by atoms with Gasteiger partial charge in [-0.1, -0.05) is 29.3 Å². The van der Waals surface area contributed by atoms with Crippen molar-refractivity contribution in [1.29, 1.82) is 0 Å². The minimum atomic E-state index is -0.932. The molecule has 4 nitrogen and oxygen atoms in total. The summed E-state index contributed by atoms with van der Waals surface area (Å²) in [5.41, 5.74) is 3.24. The van der Waals surface area contributed by atoms with Crippen LogP contribution >= 0.6 is 11.6 Å². The van der Waals surface area contributed by atoms with Gasteiger partial charge in [-0.2, -0.15) is 0 Å². The number of methoxy groups -OCH3 is 2. The fraction of sp³-hybridized carbons (Fsp3) is 0.375. The molecule has 1 fully saturated rings. The average Bonchev–Trinajstić information content (AvgIpc) is 3.33. The van der Waals surface area contributed by atoms with Crippen LogP contribution < -0.4 is 0 Å². The maximum Gasteiger partial charge on any atom is 0.320 e. The third kappa shape index (κ3) is 3.85. The molecule has 0 aliphatic heterocycles. The van der Waals surface area contributed by atoms with Crippen molar-refractivity contribution in [3.05, 3.63) is 40.4 Å². The molecule has 0 amide bonds. The minimum absolute atomic E-state index is 0.288. The van der Waals surface area contributed by atoms with Gasteiger partial charge in [0.05, 0.1) is 14.2 Å². The van der Waals surface area contributed by atoms with E-state index in [9.17, 15) is 9.59 Å². The maximum absolute atomic E-state index is 11.8. The van der Waals surface area contributed by atoms with Gasteiger partial charge in [-0.05, 0) is 42.5 Å². The van der Waals surface area contributed by atoms with E-state index in [0.29, 0.717) is 5.02 Å². The molecule has 0 aromatic heterocycles. The SMILES string of the molecule is COC(=O)C(CC(=C1CC1)c1ccc(Cl)cc1)C(=O)OC. The van der Waals surface area contributed by atoms with Crippen molar-refractivity contribution in [2.45, 2.75) is 19.3 Å². The zero-order valence-electron chi connectivity index (χ0n) is 12.0. The lowest BCUT2D eigenvalue weighted by molar-refractivity contribution is -0.158. The molecule has 0 N–H and O–H groups in total. The number of allylic oxidation sites excluding steroid dienone is 2. The molecule has 1 aliphatic rings. The molecular weight excluding hydrogens is 292 g/mol. The normalized spacial score (nSPS) is 13.0. The Balaban J connectivity index is 2.27. The van der Waals surface area contributed by atoms with Crippen molar-refractivity contribution in [1.82, 2.24) is 0 Å². The number of carbonyl (C=O) groups is 2. The Kier molecular flexibility index (Phi) is 5.02. The van der Waals surface area contributed by atoms with Crippen LogP contribution in [-0.4, -0.2) is 26.2 Å². The highest BCUT2D eigenvalue weighted by Gasteiger charge is 2.32. The summed E-state index contributed by atoms with van der Waals surface area (Å²) in [5.74, 6) is -2.08. The first-order valence-corrected chi connectivity index (χ1v) is 7.07. The van der Waals surface area contributed by atoms with E-state index >= 15 is 0 Å². The Morgan fingerprint density at radius 1 is 1.10 bits per heavy atom. The van der Waals surface area contributed by atoms with Crippen LogP contribution in [0.2, 0.25) is 5.02 Å². The maximum atomic E-state index is 11.8. The molecule has 1 aromatic rings. The monoisotopic (exact) mass is 308 g/mol. The number of hydrogen-bond acceptors (Lipinski definition) is 4. The topological polar surface area (TPSA) is 52.6 Å². The van der Waals surface area contributed by atoms with Gasteiger partial charge in [0.15, 0.2) is 5.92 Å². The Labute approximate surface area is 128 Å². The molecule has 0 heterocycles. The van der Waals surface area contributed by atoms with Gasteiger partial charge in [0.1, 0.15) is 0 Å². The molecule has 1 aliphatic carbocycles. The molecule has 1 aromatic carbocycles. The van der Waals surface area contributed by atoms with Crippen LogP contribution in [0, 0.1) is 5.92 Å². The summed E-state index contributed by atoms with van der Waals surface area (Å²) in [5, 5.41) is 0.649. The smallest absolute Gasteiger partial charge is 0.320 e. The zero-order valence-corrected chi connectivity index (χ0v) is 12.8. The molecule has 2 rings (SSSR count). The molecule has 0 unspecified atom stereocenters. The molecule has 0 atom stereocenters. The van der Waals surface area contributed by atoms with Gasteiger partial charge in [0, 0.05) is 5.02 Å². The second-order valence-corrected chi connectivity index (χ2v) is 5.33. The highest BCUT2D eigenvalue weighted by atomic mass is 35.5. The number of benzene rings is 1. The van der Waals surface area contributed by atoms with Gasteiger partial charge in [0.2, 0.25) is 0 Å². The van der Waals surface area contributed by atoms with E-state index in [-0.39, 0.29) is 6.42 Å². The molecule has 21 heavy (non-hydrogen) atoms. The van der Waals surface area contributed by atoms with Crippen molar-refractivity contribution in [3.63, 3.8) is 0 Å². The highest BCUT2D eigenvalue weighted by Crippen LogP contribution is 2.40. The first kappa shape index (κ1) is 15.6. The number of rotatable bonds is 5. The van der Waals surface area contributed by atoms with Gasteiger partial charge in [-0.3, -0.25) is 9.59 Å². The predicted octanol–water partition coefficient (Wildman–Crippen LogP) is 3.24.